The van der Waals surface area contributed by atoms with E-state index in [0.717, 1.165) is 25.7 Å². The summed E-state index contributed by atoms with van der Waals surface area (Å²) in [6.07, 6.45) is 5.07. The van der Waals surface area contributed by atoms with Gasteiger partial charge >= 0.3 is 5.97 Å². The number of carboxylic acids is 1. The Balaban J connectivity index is 2.24. The van der Waals surface area contributed by atoms with Crippen LogP contribution in [0.1, 0.15) is 36.2 Å². The number of nitrogens with one attached hydrogen (secondary N) is 1. The second-order valence-corrected chi connectivity index (χ2v) is 6.29. The highest BCUT2D eigenvalue weighted by Crippen LogP contribution is 2.21. The number of nitrogens with zero attached hydrogens (tertiary/aromatic N) is 1. The molecule has 2 N–H and O–H groups in total. The molecular formula is C11H16N2O4S. The van der Waals surface area contributed by atoms with Crippen molar-refractivity contribution in [3.8, 4) is 0 Å². The summed E-state index contributed by atoms with van der Waals surface area (Å²) >= 11 is 0. The van der Waals surface area contributed by atoms with Crippen molar-refractivity contribution >= 4 is 16.0 Å². The summed E-state index contributed by atoms with van der Waals surface area (Å²) in [5, 5.41) is 8.89. The SMILES string of the molecule is Cn1cc(S(=O)(=O)NC2CCCC2)cc1C(=O)O. The van der Waals surface area contributed by atoms with Crippen molar-refractivity contribution in [2.45, 2.75) is 36.6 Å². The van der Waals surface area contributed by atoms with Crippen LogP contribution >= 0.6 is 0 Å². The lowest BCUT2D eigenvalue weighted by Gasteiger charge is -2.10. The van der Waals surface area contributed by atoms with Gasteiger partial charge in [-0.1, -0.05) is 12.8 Å². The van der Waals surface area contributed by atoms with E-state index >= 15 is 0 Å². The molecule has 1 aromatic heterocycles. The van der Waals surface area contributed by atoms with E-state index in [9.17, 15) is 13.2 Å². The Bertz CT molecular complexity index is 556. The molecule has 1 aliphatic rings. The highest BCUT2D eigenvalue weighted by molar-refractivity contribution is 7.89. The Morgan fingerprint density at radius 1 is 1.44 bits per heavy atom. The van der Waals surface area contributed by atoms with Gasteiger partial charge in [0.15, 0.2) is 0 Å². The van der Waals surface area contributed by atoms with Crippen molar-refractivity contribution in [2.24, 2.45) is 7.05 Å². The number of hydrogen-bond acceptors (Lipinski definition) is 3. The number of aromatic nitrogens is 1. The molecule has 0 radical (unpaired) electrons. The minimum Gasteiger partial charge on any atom is -0.477 e. The second-order valence-electron chi connectivity index (χ2n) is 4.58. The zero-order valence-corrected chi connectivity index (χ0v) is 10.9. The van der Waals surface area contributed by atoms with Crippen LogP contribution in [0.25, 0.3) is 0 Å². The van der Waals surface area contributed by atoms with Crippen molar-refractivity contribution in [1.29, 1.82) is 0 Å². The summed E-state index contributed by atoms with van der Waals surface area (Å²) in [7, 11) is -2.10. The molecule has 0 amide bonds. The second kappa shape index (κ2) is 4.74. The van der Waals surface area contributed by atoms with Crippen LogP contribution < -0.4 is 4.72 Å². The molecule has 1 saturated carbocycles. The van der Waals surface area contributed by atoms with Gasteiger partial charge in [0.05, 0.1) is 0 Å². The lowest BCUT2D eigenvalue weighted by Crippen LogP contribution is -2.32. The standard InChI is InChI=1S/C11H16N2O4S/c1-13-7-9(6-10(13)11(14)15)18(16,17)12-8-4-2-3-5-8/h6-8,12H,2-5H2,1H3,(H,14,15). The topological polar surface area (TPSA) is 88.4 Å². The molecule has 100 valence electrons. The van der Waals surface area contributed by atoms with Crippen molar-refractivity contribution in [2.75, 3.05) is 0 Å². The fourth-order valence-corrected chi connectivity index (χ4v) is 3.60. The zero-order valence-electron chi connectivity index (χ0n) is 10.1. The number of rotatable bonds is 4. The number of carbonyl (C=O) groups is 1. The lowest BCUT2D eigenvalue weighted by atomic mass is 10.3. The van der Waals surface area contributed by atoms with Crippen LogP contribution in [0.4, 0.5) is 0 Å². The maximum atomic E-state index is 12.1. The van der Waals surface area contributed by atoms with E-state index in [2.05, 4.69) is 4.72 Å². The van der Waals surface area contributed by atoms with E-state index in [1.165, 1.54) is 23.9 Å². The lowest BCUT2D eigenvalue weighted by molar-refractivity contribution is 0.0686. The quantitative estimate of drug-likeness (QED) is 0.854. The molecule has 1 aromatic rings. The van der Waals surface area contributed by atoms with Gasteiger partial charge in [-0.25, -0.2) is 17.9 Å². The molecule has 0 saturated heterocycles. The van der Waals surface area contributed by atoms with Crippen LogP contribution in [-0.2, 0) is 17.1 Å². The summed E-state index contributed by atoms with van der Waals surface area (Å²) in [5.74, 6) is -1.14. The highest BCUT2D eigenvalue weighted by Gasteiger charge is 2.25. The van der Waals surface area contributed by atoms with Gasteiger partial charge in [0, 0.05) is 19.3 Å². The summed E-state index contributed by atoms with van der Waals surface area (Å²) < 4.78 is 28.0. The van der Waals surface area contributed by atoms with Crippen LogP contribution in [0.3, 0.4) is 0 Å². The summed E-state index contributed by atoms with van der Waals surface area (Å²) in [6, 6.07) is 1.16. The minimum absolute atomic E-state index is 0.00861. The molecule has 18 heavy (non-hydrogen) atoms. The van der Waals surface area contributed by atoms with Crippen LogP contribution in [0.15, 0.2) is 17.2 Å². The molecule has 0 aromatic carbocycles. The first-order chi connectivity index (χ1) is 8.40. The van der Waals surface area contributed by atoms with E-state index in [-0.39, 0.29) is 16.6 Å². The van der Waals surface area contributed by atoms with Gasteiger partial charge in [-0.05, 0) is 18.9 Å². The molecule has 0 bridgehead atoms. The maximum absolute atomic E-state index is 12.1. The van der Waals surface area contributed by atoms with Crippen molar-refractivity contribution < 1.29 is 18.3 Å². The maximum Gasteiger partial charge on any atom is 0.352 e. The largest absolute Gasteiger partial charge is 0.477 e. The molecule has 7 heteroatoms. The fraction of sp³-hybridized carbons (Fsp3) is 0.545. The monoisotopic (exact) mass is 272 g/mol. The Hall–Kier alpha value is -1.34. The molecule has 2 rings (SSSR count). The average Bonchev–Trinajstić information content (AvgIpc) is 2.86. The van der Waals surface area contributed by atoms with Gasteiger partial charge < -0.3 is 9.67 Å². The molecular weight excluding hydrogens is 256 g/mol. The van der Waals surface area contributed by atoms with Crippen molar-refractivity contribution in [3.63, 3.8) is 0 Å². The first-order valence-corrected chi connectivity index (χ1v) is 7.30. The predicted octanol–water partition coefficient (Wildman–Crippen LogP) is 0.944. The number of aromatic carboxylic acids is 1. The Morgan fingerprint density at radius 2 is 2.06 bits per heavy atom. The summed E-state index contributed by atoms with van der Waals surface area (Å²) in [5.41, 5.74) is -0.0400. The van der Waals surface area contributed by atoms with Crippen molar-refractivity contribution in [1.82, 2.24) is 9.29 Å². The first kappa shape index (κ1) is 13.1. The fourth-order valence-electron chi connectivity index (χ4n) is 2.22. The summed E-state index contributed by atoms with van der Waals surface area (Å²) in [6.45, 7) is 0. The van der Waals surface area contributed by atoms with Gasteiger partial charge in [-0.2, -0.15) is 0 Å². The van der Waals surface area contributed by atoms with E-state index in [4.69, 9.17) is 5.11 Å². The molecule has 0 unspecified atom stereocenters. The van der Waals surface area contributed by atoms with E-state index < -0.39 is 16.0 Å². The Morgan fingerprint density at radius 3 is 2.56 bits per heavy atom. The number of aryl methyl sites for hydroxylation is 1. The van der Waals surface area contributed by atoms with Gasteiger partial charge in [-0.15, -0.1) is 0 Å². The number of carboxylic acid groups (broad SMARTS) is 1. The Labute approximate surface area is 106 Å². The molecule has 1 fully saturated rings. The first-order valence-electron chi connectivity index (χ1n) is 5.82. The smallest absolute Gasteiger partial charge is 0.352 e. The minimum atomic E-state index is -3.61. The third kappa shape index (κ3) is 2.56. The molecule has 0 spiro atoms. The molecule has 0 atom stereocenters. The van der Waals surface area contributed by atoms with Crippen LogP contribution in [-0.4, -0.2) is 30.1 Å². The third-order valence-electron chi connectivity index (χ3n) is 3.19. The number of hydrogen-bond donors (Lipinski definition) is 2. The van der Waals surface area contributed by atoms with Crippen LogP contribution in [0.2, 0.25) is 0 Å². The predicted molar refractivity (Wildman–Crippen MR) is 64.9 cm³/mol. The Kier molecular flexibility index (Phi) is 3.45. The third-order valence-corrected chi connectivity index (χ3v) is 4.67. The normalized spacial score (nSPS) is 17.2. The van der Waals surface area contributed by atoms with Gasteiger partial charge in [0.25, 0.3) is 0 Å². The highest BCUT2D eigenvalue weighted by atomic mass is 32.2. The molecule has 1 aliphatic carbocycles. The zero-order chi connectivity index (χ0) is 13.3. The van der Waals surface area contributed by atoms with Crippen molar-refractivity contribution in [3.05, 3.63) is 18.0 Å². The van der Waals surface area contributed by atoms with Gasteiger partial charge in [0.1, 0.15) is 10.6 Å². The molecule has 6 nitrogen and oxygen atoms in total. The van der Waals surface area contributed by atoms with E-state index in [1.807, 2.05) is 0 Å². The number of sulfonamides is 1. The molecule has 0 aliphatic heterocycles. The van der Waals surface area contributed by atoms with Gasteiger partial charge in [-0.3, -0.25) is 0 Å². The van der Waals surface area contributed by atoms with Crippen LogP contribution in [0, 0.1) is 0 Å². The molecule has 1 heterocycles. The summed E-state index contributed by atoms with van der Waals surface area (Å²) in [4.78, 5) is 10.9. The van der Waals surface area contributed by atoms with E-state index in [0.29, 0.717) is 0 Å². The van der Waals surface area contributed by atoms with Gasteiger partial charge in [0.2, 0.25) is 10.0 Å². The van der Waals surface area contributed by atoms with E-state index in [1.54, 1.807) is 0 Å². The van der Waals surface area contributed by atoms with Crippen LogP contribution in [0.5, 0.6) is 0 Å². The average molecular weight is 272 g/mol.